The summed E-state index contributed by atoms with van der Waals surface area (Å²) in [7, 11) is 0. The summed E-state index contributed by atoms with van der Waals surface area (Å²) in [5, 5.41) is 43.7. The third kappa shape index (κ3) is 45.2. The molecule has 0 aromatic carbocycles. The van der Waals surface area contributed by atoms with E-state index in [0.717, 1.165) is 57.8 Å². The Bertz CT molecular complexity index is 1040. The first kappa shape index (κ1) is 61.3. The summed E-state index contributed by atoms with van der Waals surface area (Å²) < 4.78 is 0. The molecule has 0 aliphatic heterocycles. The highest BCUT2D eigenvalue weighted by molar-refractivity contribution is 5.80. The van der Waals surface area contributed by atoms with Crippen LogP contribution in [-0.2, 0) is 4.79 Å². The number of hydrogen-bond donors (Lipinski definition) is 5. The SMILES string of the molecule is CC/C=C/CC/C=C/CC/C=C/CCCC(O)C(O)C(CO)NC(=O)C(O)CCCCCCCCCCCCCCCCCC/C=C\CCCCCCCCCCCCCCCC. The summed E-state index contributed by atoms with van der Waals surface area (Å²) in [5.41, 5.74) is 0. The Hall–Kier alpha value is -1.73. The molecule has 0 bridgehead atoms. The number of allylic oxidation sites excluding steroid dienone is 8. The zero-order chi connectivity index (χ0) is 45.9. The number of rotatable bonds is 50. The molecule has 0 spiro atoms. The molecule has 5 N–H and O–H groups in total. The molecule has 6 nitrogen and oxygen atoms in total. The molecule has 0 heterocycles. The summed E-state index contributed by atoms with van der Waals surface area (Å²) in [4.78, 5) is 12.5. The molecular weight excluding hydrogens is 779 g/mol. The number of carbonyl (C=O) groups excluding carboxylic acids is 1. The molecule has 4 unspecified atom stereocenters. The van der Waals surface area contributed by atoms with Crippen LogP contribution in [0.4, 0.5) is 0 Å². The fraction of sp³-hybridized carbons (Fsp3) is 0.842. The molecule has 0 saturated heterocycles. The van der Waals surface area contributed by atoms with E-state index in [9.17, 15) is 25.2 Å². The topological polar surface area (TPSA) is 110 Å². The smallest absolute Gasteiger partial charge is 0.249 e. The minimum atomic E-state index is -1.29. The lowest BCUT2D eigenvalue weighted by molar-refractivity contribution is -0.132. The fourth-order valence-corrected chi connectivity index (χ4v) is 8.44. The van der Waals surface area contributed by atoms with E-state index in [0.29, 0.717) is 19.3 Å². The van der Waals surface area contributed by atoms with Gasteiger partial charge in [0.25, 0.3) is 0 Å². The monoisotopic (exact) mass is 886 g/mol. The average Bonchev–Trinajstić information content (AvgIpc) is 3.29. The number of aliphatic hydroxyl groups is 4. The minimum Gasteiger partial charge on any atom is -0.394 e. The molecule has 0 radical (unpaired) electrons. The fourth-order valence-electron chi connectivity index (χ4n) is 8.44. The van der Waals surface area contributed by atoms with Crippen LogP contribution in [0, 0.1) is 0 Å². The van der Waals surface area contributed by atoms with Crippen molar-refractivity contribution >= 4 is 5.91 Å². The number of hydrogen-bond acceptors (Lipinski definition) is 5. The lowest BCUT2D eigenvalue weighted by Gasteiger charge is -2.27. The van der Waals surface area contributed by atoms with Crippen molar-refractivity contribution in [3.05, 3.63) is 48.6 Å². The van der Waals surface area contributed by atoms with Gasteiger partial charge in [0.05, 0.1) is 18.8 Å². The van der Waals surface area contributed by atoms with Crippen molar-refractivity contribution in [2.75, 3.05) is 6.61 Å². The van der Waals surface area contributed by atoms with Gasteiger partial charge in [-0.25, -0.2) is 0 Å². The molecule has 63 heavy (non-hydrogen) atoms. The molecule has 0 aromatic heterocycles. The molecule has 6 heteroatoms. The lowest BCUT2D eigenvalue weighted by Crippen LogP contribution is -2.53. The predicted molar refractivity (Wildman–Crippen MR) is 274 cm³/mol. The van der Waals surface area contributed by atoms with Crippen molar-refractivity contribution in [1.29, 1.82) is 0 Å². The van der Waals surface area contributed by atoms with Crippen LogP contribution in [-0.4, -0.2) is 57.3 Å². The van der Waals surface area contributed by atoms with Crippen LogP contribution in [0.15, 0.2) is 48.6 Å². The van der Waals surface area contributed by atoms with Crippen LogP contribution in [0.2, 0.25) is 0 Å². The Labute approximate surface area is 391 Å². The molecule has 0 rings (SSSR count). The van der Waals surface area contributed by atoms with Gasteiger partial charge in [-0.1, -0.05) is 242 Å². The van der Waals surface area contributed by atoms with Gasteiger partial charge in [-0.2, -0.15) is 0 Å². The second kappa shape index (κ2) is 51.3. The second-order valence-electron chi connectivity index (χ2n) is 18.9. The maximum absolute atomic E-state index is 12.5. The summed E-state index contributed by atoms with van der Waals surface area (Å²) >= 11 is 0. The highest BCUT2D eigenvalue weighted by atomic mass is 16.3. The Kier molecular flexibility index (Phi) is 49.8. The molecular formula is C57H107NO5. The van der Waals surface area contributed by atoms with Crippen LogP contribution in [0.5, 0.6) is 0 Å². The quantitative estimate of drug-likeness (QED) is 0.0309. The van der Waals surface area contributed by atoms with Crippen LogP contribution in [0.25, 0.3) is 0 Å². The lowest BCUT2D eigenvalue weighted by atomic mass is 10.00. The highest BCUT2D eigenvalue weighted by Gasteiger charge is 2.28. The normalized spacial score (nSPS) is 14.2. The molecule has 0 fully saturated rings. The van der Waals surface area contributed by atoms with Crippen molar-refractivity contribution in [3.63, 3.8) is 0 Å². The number of aliphatic hydroxyl groups excluding tert-OH is 4. The van der Waals surface area contributed by atoms with Crippen LogP contribution in [0.1, 0.15) is 277 Å². The van der Waals surface area contributed by atoms with E-state index in [-0.39, 0.29) is 0 Å². The standard InChI is InChI=1S/C57H107NO5/c1-3-5-7-9-11-13-15-17-18-19-20-21-22-23-24-25-26-27-28-29-30-31-32-33-34-35-36-37-39-41-43-45-47-49-51-55(61)57(63)58-53(52-59)56(62)54(60)50-48-46-44-42-40-38-16-14-12-10-8-6-4-2/h6,8,14,16,25-26,42,44,53-56,59-62H,3-5,7,9-13,15,17-24,27-41,43,45-52H2,1-2H3,(H,58,63)/b8-6+,16-14+,26-25-,44-42+. The van der Waals surface area contributed by atoms with Gasteiger partial charge in [-0.15, -0.1) is 0 Å². The van der Waals surface area contributed by atoms with Crippen molar-refractivity contribution in [1.82, 2.24) is 5.32 Å². The van der Waals surface area contributed by atoms with Gasteiger partial charge < -0.3 is 25.7 Å². The van der Waals surface area contributed by atoms with Crippen LogP contribution >= 0.6 is 0 Å². The summed E-state index contributed by atoms with van der Waals surface area (Å²) in [6.07, 6.45) is 64.9. The van der Waals surface area contributed by atoms with Gasteiger partial charge in [0, 0.05) is 0 Å². The predicted octanol–water partition coefficient (Wildman–Crippen LogP) is 15.8. The number of carbonyl (C=O) groups is 1. The molecule has 4 atom stereocenters. The van der Waals surface area contributed by atoms with Crippen LogP contribution < -0.4 is 5.32 Å². The largest absolute Gasteiger partial charge is 0.394 e. The third-order valence-corrected chi connectivity index (χ3v) is 12.7. The first-order chi connectivity index (χ1) is 31.0. The van der Waals surface area contributed by atoms with E-state index in [1.807, 2.05) is 0 Å². The van der Waals surface area contributed by atoms with Gasteiger partial charge in [-0.3, -0.25) is 4.79 Å². The van der Waals surface area contributed by atoms with Crippen molar-refractivity contribution in [2.24, 2.45) is 0 Å². The number of amides is 1. The Morgan fingerprint density at radius 2 is 0.714 bits per heavy atom. The van der Waals surface area contributed by atoms with Gasteiger partial charge in [-0.05, 0) is 83.5 Å². The molecule has 0 aliphatic rings. The first-order valence-corrected chi connectivity index (χ1v) is 27.5. The zero-order valence-electron chi connectivity index (χ0n) is 41.8. The number of unbranched alkanes of at least 4 members (excludes halogenated alkanes) is 33. The first-order valence-electron chi connectivity index (χ1n) is 27.5. The van der Waals surface area contributed by atoms with Gasteiger partial charge in [0.1, 0.15) is 12.2 Å². The van der Waals surface area contributed by atoms with E-state index in [4.69, 9.17) is 0 Å². The van der Waals surface area contributed by atoms with E-state index in [1.165, 1.54) is 186 Å². The summed E-state index contributed by atoms with van der Waals surface area (Å²) in [5.74, 6) is -0.599. The molecule has 0 saturated carbocycles. The van der Waals surface area contributed by atoms with E-state index in [1.54, 1.807) is 0 Å². The maximum atomic E-state index is 12.5. The zero-order valence-corrected chi connectivity index (χ0v) is 41.8. The molecule has 0 aromatic rings. The van der Waals surface area contributed by atoms with E-state index < -0.39 is 36.9 Å². The van der Waals surface area contributed by atoms with Gasteiger partial charge in [0.2, 0.25) is 5.91 Å². The molecule has 1 amide bonds. The summed E-state index contributed by atoms with van der Waals surface area (Å²) in [6.45, 7) is 3.94. The maximum Gasteiger partial charge on any atom is 0.249 e. The molecule has 0 aliphatic carbocycles. The summed E-state index contributed by atoms with van der Waals surface area (Å²) in [6, 6.07) is -1.01. The average molecular weight is 886 g/mol. The van der Waals surface area contributed by atoms with E-state index >= 15 is 0 Å². The van der Waals surface area contributed by atoms with Crippen LogP contribution in [0.3, 0.4) is 0 Å². The van der Waals surface area contributed by atoms with E-state index in [2.05, 4.69) is 67.8 Å². The van der Waals surface area contributed by atoms with Gasteiger partial charge >= 0.3 is 0 Å². The second-order valence-corrected chi connectivity index (χ2v) is 18.9. The number of nitrogens with one attached hydrogen (secondary N) is 1. The third-order valence-electron chi connectivity index (χ3n) is 12.7. The van der Waals surface area contributed by atoms with Crippen molar-refractivity contribution in [3.8, 4) is 0 Å². The Morgan fingerprint density at radius 1 is 0.397 bits per heavy atom. The Morgan fingerprint density at radius 3 is 1.08 bits per heavy atom. The van der Waals surface area contributed by atoms with Gasteiger partial charge in [0.15, 0.2) is 0 Å². The van der Waals surface area contributed by atoms with Crippen molar-refractivity contribution in [2.45, 2.75) is 301 Å². The van der Waals surface area contributed by atoms with Crippen molar-refractivity contribution < 1.29 is 25.2 Å². The minimum absolute atomic E-state index is 0.359. The highest BCUT2D eigenvalue weighted by Crippen LogP contribution is 2.17. The molecule has 370 valence electrons. The Balaban J connectivity index is 3.57.